The molecular weight excluding hydrogens is 260 g/mol. The molecule has 2 aromatic heterocycles. The number of hydrogen-bond acceptors (Lipinski definition) is 3. The molecule has 3 aromatic rings. The van der Waals surface area contributed by atoms with E-state index in [1.807, 2.05) is 29.9 Å². The largest absolute Gasteiger partial charge is 0.306 e. The third-order valence-electron chi connectivity index (χ3n) is 3.64. The van der Waals surface area contributed by atoms with Crippen LogP contribution in [-0.4, -0.2) is 14.6 Å². The molecule has 4 heteroatoms. The summed E-state index contributed by atoms with van der Waals surface area (Å²) in [5.41, 5.74) is 5.60. The van der Waals surface area contributed by atoms with Gasteiger partial charge in [0.05, 0.1) is 5.69 Å². The zero-order chi connectivity index (χ0) is 14.8. The van der Waals surface area contributed by atoms with Gasteiger partial charge in [-0.3, -0.25) is 0 Å². The van der Waals surface area contributed by atoms with Crippen LogP contribution in [-0.2, 0) is 6.54 Å². The van der Waals surface area contributed by atoms with E-state index in [2.05, 4.69) is 53.5 Å². The van der Waals surface area contributed by atoms with Gasteiger partial charge in [-0.1, -0.05) is 29.8 Å². The van der Waals surface area contributed by atoms with Gasteiger partial charge < -0.3 is 5.32 Å². The fourth-order valence-corrected chi connectivity index (χ4v) is 2.45. The van der Waals surface area contributed by atoms with Gasteiger partial charge in [-0.15, -0.1) is 0 Å². The van der Waals surface area contributed by atoms with Crippen molar-refractivity contribution in [1.82, 2.24) is 19.9 Å². The Balaban J connectivity index is 1.70. The van der Waals surface area contributed by atoms with Gasteiger partial charge in [-0.05, 0) is 26.3 Å². The molecule has 2 heterocycles. The second-order valence-electron chi connectivity index (χ2n) is 5.57. The van der Waals surface area contributed by atoms with Crippen LogP contribution in [0, 0.1) is 13.8 Å². The van der Waals surface area contributed by atoms with Crippen LogP contribution >= 0.6 is 0 Å². The van der Waals surface area contributed by atoms with Crippen molar-refractivity contribution in [3.63, 3.8) is 0 Å². The first-order valence-electron chi connectivity index (χ1n) is 7.23. The number of fused-ring (bicyclic) bond motifs is 1. The Kier molecular flexibility index (Phi) is 3.71. The van der Waals surface area contributed by atoms with Crippen molar-refractivity contribution in [3.8, 4) is 0 Å². The van der Waals surface area contributed by atoms with Gasteiger partial charge in [0.2, 0.25) is 0 Å². The SMILES string of the molecule is Cc1cccc([C@@H](C)NCc2cnc3cc(C)nn3c2)c1. The summed E-state index contributed by atoms with van der Waals surface area (Å²) in [4.78, 5) is 4.43. The molecule has 0 bridgehead atoms. The number of aryl methyl sites for hydroxylation is 2. The molecule has 0 radical (unpaired) electrons. The highest BCUT2D eigenvalue weighted by atomic mass is 15.2. The lowest BCUT2D eigenvalue weighted by atomic mass is 10.1. The predicted octanol–water partition coefficient (Wildman–Crippen LogP) is 3.20. The van der Waals surface area contributed by atoms with Crippen LogP contribution in [0.15, 0.2) is 42.7 Å². The normalized spacial score (nSPS) is 12.7. The minimum absolute atomic E-state index is 0.306. The molecule has 0 spiro atoms. The molecule has 4 nitrogen and oxygen atoms in total. The first kappa shape index (κ1) is 13.8. The molecule has 1 atom stereocenters. The number of nitrogens with zero attached hydrogens (tertiary/aromatic N) is 3. The van der Waals surface area contributed by atoms with Crippen molar-refractivity contribution >= 4 is 5.65 Å². The van der Waals surface area contributed by atoms with Crippen molar-refractivity contribution in [2.24, 2.45) is 0 Å². The van der Waals surface area contributed by atoms with E-state index in [1.54, 1.807) is 0 Å². The minimum atomic E-state index is 0.306. The summed E-state index contributed by atoms with van der Waals surface area (Å²) in [7, 11) is 0. The summed E-state index contributed by atoms with van der Waals surface area (Å²) in [6.07, 6.45) is 3.94. The van der Waals surface area contributed by atoms with Gasteiger partial charge in [0.1, 0.15) is 0 Å². The summed E-state index contributed by atoms with van der Waals surface area (Å²) < 4.78 is 1.84. The molecule has 1 aromatic carbocycles. The smallest absolute Gasteiger partial charge is 0.155 e. The number of benzene rings is 1. The van der Waals surface area contributed by atoms with E-state index in [4.69, 9.17) is 0 Å². The highest BCUT2D eigenvalue weighted by Crippen LogP contribution is 2.14. The Labute approximate surface area is 124 Å². The maximum absolute atomic E-state index is 4.43. The molecule has 3 rings (SSSR count). The number of nitrogens with one attached hydrogen (secondary N) is 1. The van der Waals surface area contributed by atoms with Crippen molar-refractivity contribution < 1.29 is 0 Å². The third kappa shape index (κ3) is 3.11. The first-order chi connectivity index (χ1) is 10.1. The van der Waals surface area contributed by atoms with E-state index in [0.717, 1.165) is 23.4 Å². The van der Waals surface area contributed by atoms with Gasteiger partial charge in [-0.2, -0.15) is 5.10 Å². The Morgan fingerprint density at radius 2 is 2.10 bits per heavy atom. The Bertz CT molecular complexity index is 760. The second-order valence-corrected chi connectivity index (χ2v) is 5.57. The van der Waals surface area contributed by atoms with Crippen LogP contribution in [0.4, 0.5) is 0 Å². The minimum Gasteiger partial charge on any atom is -0.306 e. The van der Waals surface area contributed by atoms with Crippen LogP contribution in [0.25, 0.3) is 5.65 Å². The van der Waals surface area contributed by atoms with E-state index in [-0.39, 0.29) is 0 Å². The fraction of sp³-hybridized carbons (Fsp3) is 0.294. The first-order valence-corrected chi connectivity index (χ1v) is 7.23. The molecule has 0 unspecified atom stereocenters. The van der Waals surface area contributed by atoms with Crippen LogP contribution in [0.5, 0.6) is 0 Å². The van der Waals surface area contributed by atoms with Gasteiger partial charge >= 0.3 is 0 Å². The summed E-state index contributed by atoms with van der Waals surface area (Å²) in [6.45, 7) is 7.05. The molecule has 0 aliphatic heterocycles. The van der Waals surface area contributed by atoms with E-state index in [1.165, 1.54) is 11.1 Å². The number of hydrogen-bond donors (Lipinski definition) is 1. The van der Waals surface area contributed by atoms with Gasteiger partial charge in [0.15, 0.2) is 5.65 Å². The quantitative estimate of drug-likeness (QED) is 0.798. The Morgan fingerprint density at radius 3 is 2.90 bits per heavy atom. The maximum atomic E-state index is 4.43. The van der Waals surface area contributed by atoms with Crippen molar-refractivity contribution in [1.29, 1.82) is 0 Å². The molecule has 1 N–H and O–H groups in total. The average molecular weight is 280 g/mol. The molecular formula is C17H20N4. The number of rotatable bonds is 4. The van der Waals surface area contributed by atoms with Gasteiger partial charge in [0.25, 0.3) is 0 Å². The lowest BCUT2D eigenvalue weighted by Crippen LogP contribution is -2.18. The highest BCUT2D eigenvalue weighted by Gasteiger charge is 2.06. The summed E-state index contributed by atoms with van der Waals surface area (Å²) in [5, 5.41) is 7.93. The summed E-state index contributed by atoms with van der Waals surface area (Å²) >= 11 is 0. The van der Waals surface area contributed by atoms with E-state index < -0.39 is 0 Å². The zero-order valence-corrected chi connectivity index (χ0v) is 12.7. The number of aromatic nitrogens is 3. The highest BCUT2D eigenvalue weighted by molar-refractivity contribution is 5.38. The Hall–Kier alpha value is -2.20. The maximum Gasteiger partial charge on any atom is 0.155 e. The van der Waals surface area contributed by atoms with Crippen LogP contribution in [0.1, 0.15) is 35.3 Å². The fourth-order valence-electron chi connectivity index (χ4n) is 2.45. The zero-order valence-electron chi connectivity index (χ0n) is 12.7. The lowest BCUT2D eigenvalue weighted by molar-refractivity contribution is 0.571. The molecule has 0 amide bonds. The van der Waals surface area contributed by atoms with E-state index >= 15 is 0 Å². The predicted molar refractivity (Wildman–Crippen MR) is 84.2 cm³/mol. The monoisotopic (exact) mass is 280 g/mol. The molecule has 108 valence electrons. The van der Waals surface area contributed by atoms with Crippen LogP contribution < -0.4 is 5.32 Å². The molecule has 0 aliphatic carbocycles. The van der Waals surface area contributed by atoms with Crippen LogP contribution in [0.2, 0.25) is 0 Å². The van der Waals surface area contributed by atoms with E-state index in [9.17, 15) is 0 Å². The second kappa shape index (κ2) is 5.66. The summed E-state index contributed by atoms with van der Waals surface area (Å²) in [5.74, 6) is 0. The van der Waals surface area contributed by atoms with E-state index in [0.29, 0.717) is 6.04 Å². The summed E-state index contributed by atoms with van der Waals surface area (Å²) in [6, 6.07) is 10.9. The standard InChI is InChI=1S/C17H20N4/c1-12-5-4-6-16(7-12)14(3)18-9-15-10-19-17-8-13(2)20-21(17)11-15/h4-8,10-11,14,18H,9H2,1-3H3/t14-/m1/s1. The molecule has 0 saturated heterocycles. The van der Waals surface area contributed by atoms with Gasteiger partial charge in [-0.25, -0.2) is 9.50 Å². The lowest BCUT2D eigenvalue weighted by Gasteiger charge is -2.14. The Morgan fingerprint density at radius 1 is 1.24 bits per heavy atom. The average Bonchev–Trinajstić information content (AvgIpc) is 2.84. The molecule has 0 aliphatic rings. The molecule has 21 heavy (non-hydrogen) atoms. The third-order valence-corrected chi connectivity index (χ3v) is 3.64. The van der Waals surface area contributed by atoms with Crippen molar-refractivity contribution in [2.45, 2.75) is 33.4 Å². The topological polar surface area (TPSA) is 42.2 Å². The molecule has 0 saturated carbocycles. The van der Waals surface area contributed by atoms with Gasteiger partial charge in [0, 0.05) is 36.6 Å². The molecule has 0 fully saturated rings. The van der Waals surface area contributed by atoms with Crippen LogP contribution in [0.3, 0.4) is 0 Å². The van der Waals surface area contributed by atoms with Crippen molar-refractivity contribution in [3.05, 3.63) is 65.1 Å². The van der Waals surface area contributed by atoms with Crippen molar-refractivity contribution in [2.75, 3.05) is 0 Å².